The minimum absolute atomic E-state index is 0.0192. The third-order valence-corrected chi connectivity index (χ3v) is 4.00. The number of hydrogen-bond donors (Lipinski definition) is 0. The van der Waals surface area contributed by atoms with Crippen LogP contribution in [-0.2, 0) is 10.3 Å². The van der Waals surface area contributed by atoms with Gasteiger partial charge in [0.1, 0.15) is 0 Å². The van der Waals surface area contributed by atoms with E-state index in [1.54, 1.807) is 7.11 Å². The number of aryl methyl sites for hydroxylation is 1. The topological polar surface area (TPSA) is 26.3 Å². The molecule has 1 unspecified atom stereocenters. The Morgan fingerprint density at radius 2 is 1.65 bits per heavy atom. The van der Waals surface area contributed by atoms with Crippen LogP contribution in [0, 0.1) is 13.8 Å². The predicted octanol–water partition coefficient (Wildman–Crippen LogP) is 4.05. The highest BCUT2D eigenvalue weighted by atomic mass is 16.5. The Morgan fingerprint density at radius 1 is 1.00 bits per heavy atom. The molecule has 0 aliphatic carbocycles. The molecule has 2 aromatic carbocycles. The van der Waals surface area contributed by atoms with Crippen molar-refractivity contribution in [2.75, 3.05) is 7.11 Å². The zero-order chi connectivity index (χ0) is 14.8. The van der Waals surface area contributed by atoms with Crippen molar-refractivity contribution in [3.8, 4) is 0 Å². The van der Waals surface area contributed by atoms with Crippen molar-refractivity contribution in [1.29, 1.82) is 0 Å². The standard InChI is InChI=1S/C18H20O2/c1-13-9-8-12-16(14(13)2)18(3,20-4)17(19)15-10-6-5-7-11-15/h5-12H,1-4H3. The van der Waals surface area contributed by atoms with Crippen LogP contribution in [0.4, 0.5) is 0 Å². The Hall–Kier alpha value is -1.93. The third kappa shape index (κ3) is 2.39. The number of carbonyl (C=O) groups excluding carboxylic acids is 1. The first-order chi connectivity index (χ1) is 9.50. The summed E-state index contributed by atoms with van der Waals surface area (Å²) in [7, 11) is 1.59. The summed E-state index contributed by atoms with van der Waals surface area (Å²) in [6.07, 6.45) is 0. The molecule has 0 aliphatic heterocycles. The smallest absolute Gasteiger partial charge is 0.198 e. The van der Waals surface area contributed by atoms with Crippen LogP contribution in [-0.4, -0.2) is 12.9 Å². The third-order valence-electron chi connectivity index (χ3n) is 4.00. The first-order valence-electron chi connectivity index (χ1n) is 6.72. The summed E-state index contributed by atoms with van der Waals surface area (Å²) < 4.78 is 5.63. The van der Waals surface area contributed by atoms with Crippen molar-refractivity contribution in [1.82, 2.24) is 0 Å². The molecule has 2 aromatic rings. The van der Waals surface area contributed by atoms with Crippen LogP contribution < -0.4 is 0 Å². The summed E-state index contributed by atoms with van der Waals surface area (Å²) in [5.74, 6) is -0.0192. The highest BCUT2D eigenvalue weighted by Gasteiger charge is 2.37. The summed E-state index contributed by atoms with van der Waals surface area (Å²) in [6, 6.07) is 15.3. The van der Waals surface area contributed by atoms with Crippen molar-refractivity contribution in [2.24, 2.45) is 0 Å². The Bertz CT molecular complexity index is 617. The van der Waals surface area contributed by atoms with Crippen molar-refractivity contribution >= 4 is 5.78 Å². The molecular formula is C18H20O2. The second-order valence-electron chi connectivity index (χ2n) is 5.18. The molecule has 1 atom stereocenters. The molecule has 0 saturated carbocycles. The average molecular weight is 268 g/mol. The molecule has 0 spiro atoms. The Morgan fingerprint density at radius 3 is 2.25 bits per heavy atom. The van der Waals surface area contributed by atoms with Crippen molar-refractivity contribution in [3.05, 3.63) is 70.8 Å². The largest absolute Gasteiger partial charge is 0.366 e. The van der Waals surface area contributed by atoms with Gasteiger partial charge in [0.05, 0.1) is 0 Å². The van der Waals surface area contributed by atoms with Gasteiger partial charge in [-0.25, -0.2) is 0 Å². The van der Waals surface area contributed by atoms with E-state index in [-0.39, 0.29) is 5.78 Å². The van der Waals surface area contributed by atoms with E-state index in [4.69, 9.17) is 4.74 Å². The summed E-state index contributed by atoms with van der Waals surface area (Å²) in [5.41, 5.74) is 2.89. The van der Waals surface area contributed by atoms with Crippen LogP contribution in [0.25, 0.3) is 0 Å². The van der Waals surface area contributed by atoms with Crippen LogP contribution in [0.15, 0.2) is 48.5 Å². The van der Waals surface area contributed by atoms with Gasteiger partial charge >= 0.3 is 0 Å². The van der Waals surface area contributed by atoms with Gasteiger partial charge in [0.2, 0.25) is 0 Å². The van der Waals surface area contributed by atoms with Gasteiger partial charge in [0.15, 0.2) is 11.4 Å². The van der Waals surface area contributed by atoms with Crippen molar-refractivity contribution in [2.45, 2.75) is 26.4 Å². The number of hydrogen-bond acceptors (Lipinski definition) is 2. The quantitative estimate of drug-likeness (QED) is 0.782. The SMILES string of the molecule is COC(C)(C(=O)c1ccccc1)c1cccc(C)c1C. The monoisotopic (exact) mass is 268 g/mol. The van der Waals surface area contributed by atoms with Crippen LogP contribution >= 0.6 is 0 Å². The number of benzene rings is 2. The van der Waals surface area contributed by atoms with E-state index >= 15 is 0 Å². The van der Waals surface area contributed by atoms with Crippen molar-refractivity contribution < 1.29 is 9.53 Å². The van der Waals surface area contributed by atoms with Gasteiger partial charge in [-0.2, -0.15) is 0 Å². The van der Waals surface area contributed by atoms with Gasteiger partial charge in [0.25, 0.3) is 0 Å². The number of ketones is 1. The van der Waals surface area contributed by atoms with Gasteiger partial charge < -0.3 is 4.74 Å². The zero-order valence-corrected chi connectivity index (χ0v) is 12.4. The zero-order valence-electron chi connectivity index (χ0n) is 12.4. The van der Waals surface area contributed by atoms with Crippen LogP contribution in [0.1, 0.15) is 34.0 Å². The number of carbonyl (C=O) groups is 1. The number of ether oxygens (including phenoxy) is 1. The molecule has 2 heteroatoms. The maximum absolute atomic E-state index is 12.8. The molecule has 0 radical (unpaired) electrons. The fourth-order valence-corrected chi connectivity index (χ4v) is 2.46. The highest BCUT2D eigenvalue weighted by molar-refractivity contribution is 6.03. The van der Waals surface area contributed by atoms with Crippen LogP contribution in [0.5, 0.6) is 0 Å². The van der Waals surface area contributed by atoms with E-state index in [1.165, 1.54) is 0 Å². The van der Waals surface area contributed by atoms with E-state index in [2.05, 4.69) is 0 Å². The summed E-state index contributed by atoms with van der Waals surface area (Å²) in [4.78, 5) is 12.8. The second-order valence-corrected chi connectivity index (χ2v) is 5.18. The van der Waals surface area contributed by atoms with Gasteiger partial charge in [-0.1, -0.05) is 48.5 Å². The maximum Gasteiger partial charge on any atom is 0.198 e. The van der Waals surface area contributed by atoms with Crippen LogP contribution in [0.3, 0.4) is 0 Å². The molecular weight excluding hydrogens is 248 g/mol. The maximum atomic E-state index is 12.8. The van der Waals surface area contributed by atoms with E-state index in [9.17, 15) is 4.79 Å². The molecule has 0 bridgehead atoms. The molecule has 20 heavy (non-hydrogen) atoms. The minimum Gasteiger partial charge on any atom is -0.366 e. The molecule has 0 aromatic heterocycles. The lowest BCUT2D eigenvalue weighted by Crippen LogP contribution is -2.35. The highest BCUT2D eigenvalue weighted by Crippen LogP contribution is 2.32. The molecule has 0 fully saturated rings. The molecule has 0 heterocycles. The van der Waals surface area contributed by atoms with Gasteiger partial charge in [0, 0.05) is 12.7 Å². The average Bonchev–Trinajstić information content (AvgIpc) is 2.49. The minimum atomic E-state index is -0.961. The first kappa shape index (κ1) is 14.5. The fourth-order valence-electron chi connectivity index (χ4n) is 2.46. The Kier molecular flexibility index (Phi) is 4.05. The van der Waals surface area contributed by atoms with E-state index in [0.717, 1.165) is 16.7 Å². The van der Waals surface area contributed by atoms with E-state index in [0.29, 0.717) is 5.56 Å². The molecule has 0 amide bonds. The number of methoxy groups -OCH3 is 1. The molecule has 0 N–H and O–H groups in total. The fraction of sp³-hybridized carbons (Fsp3) is 0.278. The first-order valence-corrected chi connectivity index (χ1v) is 6.72. The summed E-state index contributed by atoms with van der Waals surface area (Å²) >= 11 is 0. The number of Topliss-reactive ketones (excluding diaryl/α,β-unsaturated/α-hetero) is 1. The van der Waals surface area contributed by atoms with E-state index in [1.807, 2.05) is 69.3 Å². The Balaban J connectivity index is 2.54. The lowest BCUT2D eigenvalue weighted by molar-refractivity contribution is 0.00977. The van der Waals surface area contributed by atoms with E-state index < -0.39 is 5.60 Å². The van der Waals surface area contributed by atoms with Gasteiger partial charge in [-0.05, 0) is 37.5 Å². The molecule has 2 nitrogen and oxygen atoms in total. The van der Waals surface area contributed by atoms with Gasteiger partial charge in [-0.15, -0.1) is 0 Å². The predicted molar refractivity (Wildman–Crippen MR) is 81.0 cm³/mol. The molecule has 2 rings (SSSR count). The molecule has 104 valence electrons. The van der Waals surface area contributed by atoms with Crippen molar-refractivity contribution in [3.63, 3.8) is 0 Å². The Labute approximate surface area is 120 Å². The lowest BCUT2D eigenvalue weighted by Gasteiger charge is -2.29. The second kappa shape index (κ2) is 5.59. The lowest BCUT2D eigenvalue weighted by atomic mass is 9.84. The summed E-state index contributed by atoms with van der Waals surface area (Å²) in [5, 5.41) is 0. The molecule has 0 aliphatic rings. The van der Waals surface area contributed by atoms with Crippen LogP contribution in [0.2, 0.25) is 0 Å². The normalized spacial score (nSPS) is 13.8. The number of rotatable bonds is 4. The summed E-state index contributed by atoms with van der Waals surface area (Å²) in [6.45, 7) is 5.91. The molecule has 0 saturated heterocycles. The van der Waals surface area contributed by atoms with Gasteiger partial charge in [-0.3, -0.25) is 4.79 Å².